The molecule has 0 aliphatic carbocycles. The van der Waals surface area contributed by atoms with E-state index in [9.17, 15) is 9.18 Å². The van der Waals surface area contributed by atoms with Gasteiger partial charge < -0.3 is 0 Å². The van der Waals surface area contributed by atoms with Crippen molar-refractivity contribution in [3.63, 3.8) is 0 Å². The summed E-state index contributed by atoms with van der Waals surface area (Å²) < 4.78 is 15.1. The van der Waals surface area contributed by atoms with Gasteiger partial charge in [-0.05, 0) is 12.1 Å². The lowest BCUT2D eigenvalue weighted by Gasteiger charge is -2.04. The summed E-state index contributed by atoms with van der Waals surface area (Å²) in [4.78, 5) is 16.4. The first-order chi connectivity index (χ1) is 9.15. The second-order valence-corrected chi connectivity index (χ2v) is 4.21. The number of carbonyl (C=O) groups is 1. The predicted octanol–water partition coefficient (Wildman–Crippen LogP) is 2.42. The van der Waals surface area contributed by atoms with Crippen molar-refractivity contribution in [3.05, 3.63) is 47.3 Å². The molecular formula is C14H16FN3O. The Labute approximate surface area is 111 Å². The van der Waals surface area contributed by atoms with E-state index in [1.165, 1.54) is 12.1 Å². The molecule has 0 atom stereocenters. The Hall–Kier alpha value is -2.04. The fourth-order valence-corrected chi connectivity index (χ4v) is 1.87. The third kappa shape index (κ3) is 2.86. The average molecular weight is 261 g/mol. The number of aromatic nitrogens is 3. The number of Topliss-reactive ketones (excluding diaryl/α,β-unsaturated/α-hetero) is 1. The fourth-order valence-electron chi connectivity index (χ4n) is 1.87. The van der Waals surface area contributed by atoms with Crippen molar-refractivity contribution >= 4 is 5.78 Å². The Morgan fingerprint density at radius 1 is 1.26 bits per heavy atom. The third-order valence-electron chi connectivity index (χ3n) is 2.89. The number of hydrogen-bond donors (Lipinski definition) is 0. The van der Waals surface area contributed by atoms with E-state index in [2.05, 4.69) is 10.1 Å². The van der Waals surface area contributed by atoms with Crippen LogP contribution in [0.2, 0.25) is 0 Å². The van der Waals surface area contributed by atoms with Gasteiger partial charge in [0.1, 0.15) is 18.2 Å². The first-order valence-electron chi connectivity index (χ1n) is 6.36. The molecular weight excluding hydrogens is 245 g/mol. The zero-order valence-corrected chi connectivity index (χ0v) is 11.1. The molecule has 0 saturated carbocycles. The Balaban J connectivity index is 2.24. The van der Waals surface area contributed by atoms with E-state index in [0.29, 0.717) is 18.7 Å². The fraction of sp³-hybridized carbons (Fsp3) is 0.357. The molecule has 5 heteroatoms. The van der Waals surface area contributed by atoms with Gasteiger partial charge in [0, 0.05) is 12.8 Å². The highest BCUT2D eigenvalue weighted by Gasteiger charge is 2.15. The van der Waals surface area contributed by atoms with Gasteiger partial charge in [-0.15, -0.1) is 0 Å². The number of aryl methyl sites for hydroxylation is 2. The summed E-state index contributed by atoms with van der Waals surface area (Å²) >= 11 is 0. The van der Waals surface area contributed by atoms with Crippen molar-refractivity contribution in [2.45, 2.75) is 33.2 Å². The van der Waals surface area contributed by atoms with Gasteiger partial charge >= 0.3 is 0 Å². The van der Waals surface area contributed by atoms with E-state index in [1.807, 2.05) is 13.8 Å². The predicted molar refractivity (Wildman–Crippen MR) is 69.5 cm³/mol. The molecule has 0 radical (unpaired) electrons. The summed E-state index contributed by atoms with van der Waals surface area (Å²) in [5, 5.41) is 4.26. The van der Waals surface area contributed by atoms with E-state index in [0.717, 1.165) is 5.82 Å². The minimum Gasteiger partial charge on any atom is -0.292 e. The van der Waals surface area contributed by atoms with Crippen LogP contribution in [0.25, 0.3) is 0 Å². The largest absolute Gasteiger partial charge is 0.292 e. The lowest BCUT2D eigenvalue weighted by Crippen LogP contribution is -2.15. The van der Waals surface area contributed by atoms with Crippen LogP contribution in [0.5, 0.6) is 0 Å². The monoisotopic (exact) mass is 261 g/mol. The molecule has 1 heterocycles. The van der Waals surface area contributed by atoms with Crippen LogP contribution in [0, 0.1) is 5.82 Å². The van der Waals surface area contributed by atoms with Gasteiger partial charge in [-0.3, -0.25) is 4.79 Å². The van der Waals surface area contributed by atoms with Crippen molar-refractivity contribution in [1.82, 2.24) is 14.8 Å². The molecule has 4 nitrogen and oxygen atoms in total. The number of hydrogen-bond acceptors (Lipinski definition) is 3. The smallest absolute Gasteiger partial charge is 0.187 e. The summed E-state index contributed by atoms with van der Waals surface area (Å²) in [5.41, 5.74) is 0.0955. The van der Waals surface area contributed by atoms with Crippen molar-refractivity contribution < 1.29 is 9.18 Å². The number of benzene rings is 1. The van der Waals surface area contributed by atoms with Gasteiger partial charge in [-0.2, -0.15) is 5.10 Å². The van der Waals surface area contributed by atoms with Crippen LogP contribution in [-0.4, -0.2) is 20.5 Å². The van der Waals surface area contributed by atoms with Gasteiger partial charge in [0.15, 0.2) is 11.6 Å². The molecule has 0 unspecified atom stereocenters. The average Bonchev–Trinajstić information content (AvgIpc) is 2.81. The van der Waals surface area contributed by atoms with Gasteiger partial charge in [0.25, 0.3) is 0 Å². The summed E-state index contributed by atoms with van der Waals surface area (Å²) in [6.45, 7) is 3.93. The van der Waals surface area contributed by atoms with Crippen LogP contribution >= 0.6 is 0 Å². The summed E-state index contributed by atoms with van der Waals surface area (Å²) in [6, 6.07) is 5.98. The Bertz CT molecular complexity index is 592. The molecule has 1 aromatic carbocycles. The molecule has 0 aliphatic rings. The maximum absolute atomic E-state index is 13.5. The van der Waals surface area contributed by atoms with Crippen molar-refractivity contribution in [2.75, 3.05) is 0 Å². The first kappa shape index (κ1) is 13.4. The van der Waals surface area contributed by atoms with Crippen LogP contribution in [-0.2, 0) is 19.4 Å². The third-order valence-corrected chi connectivity index (χ3v) is 2.89. The zero-order valence-electron chi connectivity index (χ0n) is 11.1. The Morgan fingerprint density at radius 3 is 2.63 bits per heavy atom. The van der Waals surface area contributed by atoms with E-state index in [-0.39, 0.29) is 17.9 Å². The normalized spacial score (nSPS) is 10.7. The van der Waals surface area contributed by atoms with E-state index >= 15 is 0 Å². The lowest BCUT2D eigenvalue weighted by atomic mass is 10.1. The minimum atomic E-state index is -0.499. The van der Waals surface area contributed by atoms with Gasteiger partial charge in [0.05, 0.1) is 5.56 Å². The topological polar surface area (TPSA) is 47.8 Å². The highest BCUT2D eigenvalue weighted by Crippen LogP contribution is 2.09. The maximum atomic E-state index is 13.5. The van der Waals surface area contributed by atoms with Crippen molar-refractivity contribution in [2.24, 2.45) is 0 Å². The number of carbonyl (C=O) groups excluding carboxylic acids is 1. The van der Waals surface area contributed by atoms with Gasteiger partial charge in [0.2, 0.25) is 0 Å². The van der Waals surface area contributed by atoms with E-state index in [4.69, 9.17) is 0 Å². The SMILES string of the molecule is CCc1nc(CC)n(CC(=O)c2ccccc2F)n1. The van der Waals surface area contributed by atoms with E-state index < -0.39 is 5.82 Å². The molecule has 0 N–H and O–H groups in total. The van der Waals surface area contributed by atoms with Crippen LogP contribution in [0.1, 0.15) is 35.9 Å². The molecule has 0 spiro atoms. The number of halogens is 1. The van der Waals surface area contributed by atoms with Gasteiger partial charge in [-0.25, -0.2) is 14.1 Å². The Morgan fingerprint density at radius 2 is 2.00 bits per heavy atom. The number of rotatable bonds is 5. The van der Waals surface area contributed by atoms with Crippen LogP contribution in [0.15, 0.2) is 24.3 Å². The Kier molecular flexibility index (Phi) is 4.04. The zero-order chi connectivity index (χ0) is 13.8. The molecule has 0 saturated heterocycles. The van der Waals surface area contributed by atoms with Crippen LogP contribution < -0.4 is 0 Å². The second kappa shape index (κ2) is 5.73. The van der Waals surface area contributed by atoms with Crippen molar-refractivity contribution in [1.29, 1.82) is 0 Å². The summed E-state index contributed by atoms with van der Waals surface area (Å²) in [5.74, 6) is 0.668. The summed E-state index contributed by atoms with van der Waals surface area (Å²) in [7, 11) is 0. The molecule has 0 bridgehead atoms. The number of nitrogens with zero attached hydrogens (tertiary/aromatic N) is 3. The molecule has 0 fully saturated rings. The lowest BCUT2D eigenvalue weighted by molar-refractivity contribution is 0.0962. The maximum Gasteiger partial charge on any atom is 0.187 e. The van der Waals surface area contributed by atoms with Crippen LogP contribution in [0.4, 0.5) is 4.39 Å². The molecule has 2 rings (SSSR count). The highest BCUT2D eigenvalue weighted by atomic mass is 19.1. The molecule has 2 aromatic rings. The quantitative estimate of drug-likeness (QED) is 0.777. The molecule has 1 aromatic heterocycles. The number of ketones is 1. The molecule has 19 heavy (non-hydrogen) atoms. The summed E-state index contributed by atoms with van der Waals surface area (Å²) in [6.07, 6.45) is 1.41. The molecule has 100 valence electrons. The second-order valence-electron chi connectivity index (χ2n) is 4.21. The van der Waals surface area contributed by atoms with Crippen molar-refractivity contribution in [3.8, 4) is 0 Å². The highest BCUT2D eigenvalue weighted by molar-refractivity contribution is 5.96. The van der Waals surface area contributed by atoms with Gasteiger partial charge in [-0.1, -0.05) is 26.0 Å². The molecule has 0 aliphatic heterocycles. The minimum absolute atomic E-state index is 0.0249. The standard InChI is InChI=1S/C14H16FN3O/c1-3-13-16-14(4-2)18(17-13)9-12(19)10-7-5-6-8-11(10)15/h5-8H,3-4,9H2,1-2H3. The van der Waals surface area contributed by atoms with Crippen LogP contribution in [0.3, 0.4) is 0 Å². The van der Waals surface area contributed by atoms with E-state index in [1.54, 1.807) is 16.8 Å². The molecule has 0 amide bonds. The first-order valence-corrected chi connectivity index (χ1v) is 6.36.